The molecule has 6 heterocycles. The van der Waals surface area contributed by atoms with Gasteiger partial charge in [0, 0.05) is 60.7 Å². The van der Waals surface area contributed by atoms with E-state index in [4.69, 9.17) is 23.9 Å². The van der Waals surface area contributed by atoms with Crippen LogP contribution in [0.5, 0.6) is 11.5 Å². The molecule has 408 valence electrons. The topological polar surface area (TPSA) is 289 Å². The maximum Gasteiger partial charge on any atom is 0.343 e. The number of esters is 1. The Hall–Kier alpha value is -7.00. The smallest absolute Gasteiger partial charge is 0.343 e. The fraction of sp³-hybridized carbons (Fsp3) is 0.528. The number of benzene rings is 1. The molecule has 1 aromatic carbocycles. The van der Waals surface area contributed by atoms with Gasteiger partial charge in [-0.15, -0.1) is 0 Å². The van der Waals surface area contributed by atoms with Crippen molar-refractivity contribution in [3.8, 4) is 34.7 Å². The lowest BCUT2D eigenvalue weighted by molar-refractivity contribution is -0.172. The molecule has 3 atom stereocenters. The monoisotopic (exact) mass is 1070 g/mol. The minimum Gasteiger partial charge on any atom is -0.458 e. The van der Waals surface area contributed by atoms with E-state index in [0.717, 1.165) is 48.8 Å². The molecule has 4 aromatic rings. The van der Waals surface area contributed by atoms with E-state index in [2.05, 4.69) is 61.8 Å². The van der Waals surface area contributed by atoms with Gasteiger partial charge in [-0.05, 0) is 88.2 Å². The van der Waals surface area contributed by atoms with E-state index in [1.54, 1.807) is 37.5 Å². The Morgan fingerprint density at radius 1 is 0.921 bits per heavy atom. The molecular weight excluding hydrogens is 1000 g/mol. The highest BCUT2D eigenvalue weighted by Gasteiger charge is 2.45. The van der Waals surface area contributed by atoms with Crippen molar-refractivity contribution in [1.29, 1.82) is 0 Å². The van der Waals surface area contributed by atoms with E-state index in [9.17, 15) is 42.3 Å². The fourth-order valence-electron chi connectivity index (χ4n) is 9.35. The molecule has 0 saturated heterocycles. The SMILES string of the molecule is CCN(CC)CCCCC(NC(=O)C(NC(=O)CCCC#Cc1cnc(S(C)(=O)=O)nc1)C(C)C)C(=O)NCC(=O)NCOCCCc1c2c(nc3cc4c(cc13)OCO4)-c1cc3c(c(=O)n1C2)COC(=O)[C@]3(O)CC. The molecule has 7 rings (SSSR count). The summed E-state index contributed by atoms with van der Waals surface area (Å²) in [6.07, 6.45) is 7.12. The van der Waals surface area contributed by atoms with Crippen LogP contribution in [0.4, 0.5) is 0 Å². The largest absolute Gasteiger partial charge is 0.458 e. The highest BCUT2D eigenvalue weighted by atomic mass is 32.2. The molecule has 2 unspecified atom stereocenters. The second kappa shape index (κ2) is 25.2. The van der Waals surface area contributed by atoms with Crippen molar-refractivity contribution >= 4 is 50.3 Å². The highest BCUT2D eigenvalue weighted by molar-refractivity contribution is 7.90. The Morgan fingerprint density at radius 3 is 2.36 bits per heavy atom. The first-order valence-electron chi connectivity index (χ1n) is 25.7. The Kier molecular flexibility index (Phi) is 18.8. The second-order valence-corrected chi connectivity index (χ2v) is 21.2. The molecule has 5 N–H and O–H groups in total. The number of hydrogen-bond acceptors (Lipinski definition) is 17. The normalized spacial score (nSPS) is 16.0. The summed E-state index contributed by atoms with van der Waals surface area (Å²) in [4.78, 5) is 94.9. The van der Waals surface area contributed by atoms with Crippen LogP contribution in [0, 0.1) is 17.8 Å². The van der Waals surface area contributed by atoms with Crippen LogP contribution in [0.15, 0.2) is 40.5 Å². The third-order valence-corrected chi connectivity index (χ3v) is 14.6. The van der Waals surface area contributed by atoms with Crippen molar-refractivity contribution in [2.45, 2.75) is 128 Å². The average Bonchev–Trinajstić information content (AvgIpc) is 4.06. The van der Waals surface area contributed by atoms with Gasteiger partial charge in [-0.1, -0.05) is 46.5 Å². The molecular formula is C53H67N9O13S. The van der Waals surface area contributed by atoms with Crippen LogP contribution in [-0.4, -0.2) is 132 Å². The summed E-state index contributed by atoms with van der Waals surface area (Å²) in [6.45, 7) is 11.6. The number of aliphatic hydroxyl groups is 1. The quantitative estimate of drug-likeness (QED) is 0.0185. The number of sulfone groups is 1. The van der Waals surface area contributed by atoms with Crippen LogP contribution < -0.4 is 36.3 Å². The maximum atomic E-state index is 13.9. The van der Waals surface area contributed by atoms with Crippen LogP contribution in [0.3, 0.4) is 0 Å². The summed E-state index contributed by atoms with van der Waals surface area (Å²) >= 11 is 0. The van der Waals surface area contributed by atoms with Crippen molar-refractivity contribution in [2.75, 3.05) is 52.6 Å². The number of aromatic nitrogens is 4. The first-order chi connectivity index (χ1) is 36.4. The number of aryl methyl sites for hydroxylation is 1. The van der Waals surface area contributed by atoms with E-state index in [0.29, 0.717) is 72.5 Å². The lowest BCUT2D eigenvalue weighted by Crippen LogP contribution is -2.56. The van der Waals surface area contributed by atoms with Gasteiger partial charge in [0.15, 0.2) is 17.1 Å². The summed E-state index contributed by atoms with van der Waals surface area (Å²) in [5.74, 6) is 3.74. The third kappa shape index (κ3) is 13.3. The molecule has 3 aliphatic rings. The molecule has 0 saturated carbocycles. The van der Waals surface area contributed by atoms with Gasteiger partial charge in [0.2, 0.25) is 45.4 Å². The Labute approximate surface area is 441 Å². The van der Waals surface area contributed by atoms with Gasteiger partial charge >= 0.3 is 5.97 Å². The zero-order valence-corrected chi connectivity index (χ0v) is 44.7. The molecule has 0 bridgehead atoms. The zero-order valence-electron chi connectivity index (χ0n) is 43.8. The number of carbonyl (C=O) groups is 5. The van der Waals surface area contributed by atoms with Crippen LogP contribution in [0.1, 0.15) is 114 Å². The van der Waals surface area contributed by atoms with Gasteiger partial charge in [0.05, 0.1) is 41.1 Å². The van der Waals surface area contributed by atoms with E-state index in [1.807, 2.05) is 6.07 Å². The number of amides is 4. The first-order valence-corrected chi connectivity index (χ1v) is 27.6. The number of carbonyl (C=O) groups excluding carboxylic acids is 5. The first kappa shape index (κ1) is 56.7. The minimum absolute atomic E-state index is 0.0152. The van der Waals surface area contributed by atoms with Crippen LogP contribution in [0.2, 0.25) is 0 Å². The molecule has 76 heavy (non-hydrogen) atoms. The molecule has 3 aromatic heterocycles. The van der Waals surface area contributed by atoms with E-state index >= 15 is 0 Å². The summed E-state index contributed by atoms with van der Waals surface area (Å²) in [7, 11) is -3.54. The van der Waals surface area contributed by atoms with Gasteiger partial charge in [-0.3, -0.25) is 24.0 Å². The summed E-state index contributed by atoms with van der Waals surface area (Å²) in [6, 6.07) is 3.39. The number of ether oxygens (including phenoxy) is 4. The van der Waals surface area contributed by atoms with E-state index in [1.165, 1.54) is 12.4 Å². The van der Waals surface area contributed by atoms with E-state index in [-0.39, 0.29) is 86.3 Å². The van der Waals surface area contributed by atoms with Crippen molar-refractivity contribution < 1.29 is 56.4 Å². The molecule has 0 spiro atoms. The van der Waals surface area contributed by atoms with Gasteiger partial charge in [-0.25, -0.2) is 28.2 Å². The lowest BCUT2D eigenvalue weighted by Gasteiger charge is -2.31. The number of unbranched alkanes of at least 4 members (excludes halogenated alkanes) is 2. The average molecular weight is 1070 g/mol. The third-order valence-electron chi connectivity index (χ3n) is 13.7. The minimum atomic E-state index is -3.54. The molecule has 3 aliphatic heterocycles. The molecule has 0 aliphatic carbocycles. The number of rotatable bonds is 25. The summed E-state index contributed by atoms with van der Waals surface area (Å²) in [5, 5.41) is 22.8. The molecule has 22 nitrogen and oxygen atoms in total. The number of cyclic esters (lactones) is 1. The second-order valence-electron chi connectivity index (χ2n) is 19.3. The van der Waals surface area contributed by atoms with Crippen molar-refractivity contribution in [1.82, 2.24) is 45.7 Å². The predicted molar refractivity (Wildman–Crippen MR) is 277 cm³/mol. The van der Waals surface area contributed by atoms with Crippen molar-refractivity contribution in [3.63, 3.8) is 0 Å². The number of pyridine rings is 2. The van der Waals surface area contributed by atoms with Crippen molar-refractivity contribution in [2.24, 2.45) is 5.92 Å². The number of nitrogens with one attached hydrogen (secondary N) is 4. The Morgan fingerprint density at radius 2 is 1.66 bits per heavy atom. The van der Waals surface area contributed by atoms with Gasteiger partial charge in [-0.2, -0.15) is 0 Å². The summed E-state index contributed by atoms with van der Waals surface area (Å²) in [5.41, 5.74) is 1.85. The predicted octanol–water partition coefficient (Wildman–Crippen LogP) is 2.50. The van der Waals surface area contributed by atoms with Crippen molar-refractivity contribution in [3.05, 3.63) is 68.8 Å². The number of hydrogen-bond donors (Lipinski definition) is 5. The lowest BCUT2D eigenvalue weighted by atomic mass is 9.86. The molecule has 0 fully saturated rings. The van der Waals surface area contributed by atoms with Gasteiger partial charge < -0.3 is 54.8 Å². The molecule has 4 amide bonds. The van der Waals surface area contributed by atoms with Gasteiger partial charge in [0.25, 0.3) is 5.56 Å². The van der Waals surface area contributed by atoms with Crippen LogP contribution >= 0.6 is 0 Å². The Bertz CT molecular complexity index is 3080. The molecule has 23 heteroatoms. The van der Waals surface area contributed by atoms with Gasteiger partial charge in [0.1, 0.15) is 25.4 Å². The van der Waals surface area contributed by atoms with Crippen LogP contribution in [-0.2, 0) is 68.5 Å². The van der Waals surface area contributed by atoms with Crippen LogP contribution in [0.25, 0.3) is 22.3 Å². The molecule has 0 radical (unpaired) electrons. The fourth-order valence-corrected chi connectivity index (χ4v) is 9.84. The Balaban J connectivity index is 0.917. The highest BCUT2D eigenvalue weighted by Crippen LogP contribution is 2.43. The standard InChI is InChI=1S/C53H67N9O13S/c1-7-53(69)38-23-41-47-36(28-62(41)50(67)37(38)29-73-51(53)68)34(35-22-42-43(75-31-74-42)24-40(35)58-47)17-15-21-72-30-57-45(64)27-54-48(65)39(18-13-14-20-61(8-2)9-3)59-49(66)46(32(4)5)60-44(63)19-12-10-11-16-33-25-55-52(56-26-33)76(6,70)71/h22-26,32,39,46,69H,7-10,12-15,17-21,27-31H2,1-6H3,(H,54,65)(H,57,64)(H,59,66)(H,60,63)/t39?,46?,53-/m0/s1. The number of fused-ring (bicyclic) bond motifs is 6. The number of nitrogens with zero attached hydrogens (tertiary/aromatic N) is 5. The maximum absolute atomic E-state index is 13.9. The summed E-state index contributed by atoms with van der Waals surface area (Å²) < 4.78 is 47.2. The zero-order chi connectivity index (χ0) is 54.7. The van der Waals surface area contributed by atoms with E-state index < -0.39 is 51.2 Å².